The lowest BCUT2D eigenvalue weighted by atomic mass is 9.94. The van der Waals surface area contributed by atoms with Crippen molar-refractivity contribution in [2.45, 2.75) is 25.9 Å². The highest BCUT2D eigenvalue weighted by atomic mass is 16.2. The lowest BCUT2D eigenvalue weighted by Crippen LogP contribution is -2.58. The number of hydrazine groups is 1. The number of benzene rings is 1. The minimum atomic E-state index is -0.168. The molecule has 5 heteroatoms. The standard InChI is InChI=1S/C12H16N4O/c1-8-11(9(2)13-16-12(8)17)15-14-10-6-4-3-5-7-10/h3-9,11,13H,1-2H3,(H,16,17). The average Bonchev–Trinajstić information content (AvgIpc) is 2.35. The van der Waals surface area contributed by atoms with Gasteiger partial charge < -0.3 is 0 Å². The van der Waals surface area contributed by atoms with Crippen LogP contribution in [0.2, 0.25) is 0 Å². The molecule has 1 fully saturated rings. The van der Waals surface area contributed by atoms with E-state index in [1.165, 1.54) is 0 Å². The molecule has 1 saturated heterocycles. The van der Waals surface area contributed by atoms with E-state index in [9.17, 15) is 4.79 Å². The van der Waals surface area contributed by atoms with Crippen molar-refractivity contribution in [3.8, 4) is 0 Å². The van der Waals surface area contributed by atoms with Crippen LogP contribution in [0.4, 0.5) is 5.69 Å². The molecule has 1 aromatic carbocycles. The number of nitrogens with zero attached hydrogens (tertiary/aromatic N) is 2. The molecule has 1 aliphatic heterocycles. The van der Waals surface area contributed by atoms with Crippen LogP contribution in [0.3, 0.4) is 0 Å². The van der Waals surface area contributed by atoms with Crippen molar-refractivity contribution in [2.24, 2.45) is 16.1 Å². The van der Waals surface area contributed by atoms with Gasteiger partial charge >= 0.3 is 0 Å². The van der Waals surface area contributed by atoms with Gasteiger partial charge in [0, 0.05) is 6.04 Å². The van der Waals surface area contributed by atoms with Gasteiger partial charge in [0.15, 0.2) is 0 Å². The third kappa shape index (κ3) is 2.68. The van der Waals surface area contributed by atoms with Crippen LogP contribution in [0.25, 0.3) is 0 Å². The van der Waals surface area contributed by atoms with Crippen molar-refractivity contribution >= 4 is 11.6 Å². The van der Waals surface area contributed by atoms with E-state index < -0.39 is 0 Å². The van der Waals surface area contributed by atoms with E-state index in [-0.39, 0.29) is 23.9 Å². The summed E-state index contributed by atoms with van der Waals surface area (Å²) in [5.41, 5.74) is 6.32. The largest absolute Gasteiger partial charge is 0.291 e. The number of amides is 1. The number of azo groups is 1. The Bertz CT molecular complexity index is 418. The van der Waals surface area contributed by atoms with Gasteiger partial charge in [0.05, 0.1) is 17.6 Å². The molecule has 2 N–H and O–H groups in total. The van der Waals surface area contributed by atoms with Gasteiger partial charge in [0.25, 0.3) is 0 Å². The van der Waals surface area contributed by atoms with E-state index in [0.29, 0.717) is 0 Å². The lowest BCUT2D eigenvalue weighted by Gasteiger charge is -2.31. The second-order valence-electron chi connectivity index (χ2n) is 4.25. The Labute approximate surface area is 100 Å². The molecule has 3 atom stereocenters. The highest BCUT2D eigenvalue weighted by Gasteiger charge is 2.33. The Kier molecular flexibility index (Phi) is 3.49. The molecule has 1 amide bonds. The monoisotopic (exact) mass is 232 g/mol. The molecule has 5 nitrogen and oxygen atoms in total. The van der Waals surface area contributed by atoms with Gasteiger partial charge in [-0.05, 0) is 19.1 Å². The zero-order chi connectivity index (χ0) is 12.3. The molecule has 0 saturated carbocycles. The lowest BCUT2D eigenvalue weighted by molar-refractivity contribution is -0.128. The van der Waals surface area contributed by atoms with Crippen molar-refractivity contribution in [1.29, 1.82) is 0 Å². The zero-order valence-corrected chi connectivity index (χ0v) is 9.92. The van der Waals surface area contributed by atoms with Crippen LogP contribution < -0.4 is 10.9 Å². The number of carbonyl (C=O) groups is 1. The zero-order valence-electron chi connectivity index (χ0n) is 9.92. The Hall–Kier alpha value is -1.75. The average molecular weight is 232 g/mol. The Morgan fingerprint density at radius 3 is 2.59 bits per heavy atom. The van der Waals surface area contributed by atoms with E-state index in [4.69, 9.17) is 0 Å². The first kappa shape index (κ1) is 11.7. The van der Waals surface area contributed by atoms with Crippen molar-refractivity contribution in [3.63, 3.8) is 0 Å². The van der Waals surface area contributed by atoms with Gasteiger partial charge in [-0.25, -0.2) is 5.43 Å². The van der Waals surface area contributed by atoms with Crippen LogP contribution in [0.1, 0.15) is 13.8 Å². The summed E-state index contributed by atoms with van der Waals surface area (Å²) in [5, 5.41) is 8.44. The topological polar surface area (TPSA) is 65.8 Å². The van der Waals surface area contributed by atoms with E-state index in [1.807, 2.05) is 44.2 Å². The normalized spacial score (nSPS) is 29.3. The molecule has 0 aromatic heterocycles. The summed E-state index contributed by atoms with van der Waals surface area (Å²) in [7, 11) is 0. The molecule has 1 aliphatic rings. The first-order valence-corrected chi connectivity index (χ1v) is 5.70. The maximum atomic E-state index is 11.5. The van der Waals surface area contributed by atoms with Crippen molar-refractivity contribution < 1.29 is 4.79 Å². The van der Waals surface area contributed by atoms with Gasteiger partial charge in [-0.15, -0.1) is 0 Å². The molecular formula is C12H16N4O. The molecule has 0 spiro atoms. The molecule has 17 heavy (non-hydrogen) atoms. The quantitative estimate of drug-likeness (QED) is 0.763. The van der Waals surface area contributed by atoms with Crippen LogP contribution in [0, 0.1) is 5.92 Å². The maximum absolute atomic E-state index is 11.5. The fourth-order valence-corrected chi connectivity index (χ4v) is 1.80. The molecule has 0 aliphatic carbocycles. The number of hydrogen-bond donors (Lipinski definition) is 2. The first-order chi connectivity index (χ1) is 8.18. The third-order valence-corrected chi connectivity index (χ3v) is 2.92. The summed E-state index contributed by atoms with van der Waals surface area (Å²) in [4.78, 5) is 11.5. The molecular weight excluding hydrogens is 216 g/mol. The highest BCUT2D eigenvalue weighted by molar-refractivity contribution is 5.79. The second-order valence-corrected chi connectivity index (χ2v) is 4.25. The summed E-state index contributed by atoms with van der Waals surface area (Å²) >= 11 is 0. The van der Waals surface area contributed by atoms with Crippen molar-refractivity contribution in [2.75, 3.05) is 0 Å². The fraction of sp³-hybridized carbons (Fsp3) is 0.417. The van der Waals surface area contributed by atoms with Crippen LogP contribution in [-0.2, 0) is 4.79 Å². The van der Waals surface area contributed by atoms with Crippen LogP contribution in [-0.4, -0.2) is 18.0 Å². The Balaban J connectivity index is 2.11. The predicted octanol–water partition coefficient (Wildman–Crippen LogP) is 1.80. The minimum absolute atomic E-state index is 0.0416. The smallest absolute Gasteiger partial charge is 0.239 e. The minimum Gasteiger partial charge on any atom is -0.291 e. The number of carbonyl (C=O) groups excluding carboxylic acids is 1. The van der Waals surface area contributed by atoms with Gasteiger partial charge in [-0.1, -0.05) is 25.1 Å². The van der Waals surface area contributed by atoms with E-state index >= 15 is 0 Å². The van der Waals surface area contributed by atoms with Gasteiger partial charge in [0.2, 0.25) is 5.91 Å². The first-order valence-electron chi connectivity index (χ1n) is 5.70. The highest BCUT2D eigenvalue weighted by Crippen LogP contribution is 2.18. The molecule has 90 valence electrons. The molecule has 3 unspecified atom stereocenters. The van der Waals surface area contributed by atoms with Gasteiger partial charge in [-0.3, -0.25) is 10.2 Å². The molecule has 1 aromatic rings. The predicted molar refractivity (Wildman–Crippen MR) is 64.7 cm³/mol. The van der Waals surface area contributed by atoms with Crippen LogP contribution in [0.5, 0.6) is 0 Å². The number of hydrogen-bond acceptors (Lipinski definition) is 4. The van der Waals surface area contributed by atoms with E-state index in [1.54, 1.807) is 0 Å². The Morgan fingerprint density at radius 2 is 1.88 bits per heavy atom. The maximum Gasteiger partial charge on any atom is 0.239 e. The third-order valence-electron chi connectivity index (χ3n) is 2.92. The van der Waals surface area contributed by atoms with E-state index in [0.717, 1.165) is 5.69 Å². The second kappa shape index (κ2) is 5.05. The number of nitrogens with one attached hydrogen (secondary N) is 2. The summed E-state index contributed by atoms with van der Waals surface area (Å²) < 4.78 is 0. The molecule has 0 bridgehead atoms. The number of rotatable bonds is 2. The summed E-state index contributed by atoms with van der Waals surface area (Å²) in [6.45, 7) is 3.84. The SMILES string of the molecule is CC1NNC(=O)C(C)C1N=Nc1ccccc1. The summed E-state index contributed by atoms with van der Waals surface area (Å²) in [6, 6.07) is 9.46. The molecule has 2 rings (SSSR count). The molecule has 0 radical (unpaired) electrons. The van der Waals surface area contributed by atoms with Crippen molar-refractivity contribution in [3.05, 3.63) is 30.3 Å². The van der Waals surface area contributed by atoms with Crippen LogP contribution in [0.15, 0.2) is 40.6 Å². The van der Waals surface area contributed by atoms with E-state index in [2.05, 4.69) is 21.1 Å². The van der Waals surface area contributed by atoms with Crippen molar-refractivity contribution in [1.82, 2.24) is 10.9 Å². The Morgan fingerprint density at radius 1 is 1.18 bits per heavy atom. The van der Waals surface area contributed by atoms with Gasteiger partial charge in [-0.2, -0.15) is 10.2 Å². The van der Waals surface area contributed by atoms with Gasteiger partial charge in [0.1, 0.15) is 0 Å². The summed E-state index contributed by atoms with van der Waals surface area (Å²) in [6.07, 6.45) is 0. The summed E-state index contributed by atoms with van der Waals surface area (Å²) in [5.74, 6) is -0.209. The fourth-order valence-electron chi connectivity index (χ4n) is 1.80. The molecule has 1 heterocycles. The van der Waals surface area contributed by atoms with Crippen LogP contribution >= 0.6 is 0 Å².